The van der Waals surface area contributed by atoms with E-state index in [9.17, 15) is 9.90 Å². The predicted molar refractivity (Wildman–Crippen MR) is 69.3 cm³/mol. The van der Waals surface area contributed by atoms with Crippen LogP contribution in [0.3, 0.4) is 0 Å². The van der Waals surface area contributed by atoms with Crippen molar-refractivity contribution in [2.24, 2.45) is 0 Å². The van der Waals surface area contributed by atoms with Crippen LogP contribution in [0.4, 0.5) is 0 Å². The third kappa shape index (κ3) is 1.97. The number of rotatable bonds is 3. The SMILES string of the molecule is COc1ccc(-c2ccnc3cc(C(=O)[O-])nn23)cc1. The smallest absolute Gasteiger partial charge is 0.156 e. The van der Waals surface area contributed by atoms with Gasteiger partial charge in [0.2, 0.25) is 0 Å². The molecule has 3 rings (SSSR count). The first-order valence-electron chi connectivity index (χ1n) is 5.89. The molecule has 2 aromatic heterocycles. The van der Waals surface area contributed by atoms with E-state index in [2.05, 4.69) is 10.1 Å². The van der Waals surface area contributed by atoms with Crippen LogP contribution in [-0.4, -0.2) is 27.7 Å². The molecular formula is C14H10N3O3-. The lowest BCUT2D eigenvalue weighted by molar-refractivity contribution is -0.255. The highest BCUT2D eigenvalue weighted by atomic mass is 16.5. The van der Waals surface area contributed by atoms with Gasteiger partial charge < -0.3 is 14.6 Å². The zero-order valence-corrected chi connectivity index (χ0v) is 10.6. The number of aromatic nitrogens is 3. The number of benzene rings is 1. The minimum Gasteiger partial charge on any atom is -0.543 e. The molecule has 0 saturated carbocycles. The van der Waals surface area contributed by atoms with Gasteiger partial charge in [0.05, 0.1) is 18.8 Å². The van der Waals surface area contributed by atoms with Crippen molar-refractivity contribution < 1.29 is 14.6 Å². The van der Waals surface area contributed by atoms with Gasteiger partial charge in [-0.2, -0.15) is 5.10 Å². The van der Waals surface area contributed by atoms with Crippen molar-refractivity contribution in [3.8, 4) is 17.0 Å². The van der Waals surface area contributed by atoms with Crippen LogP contribution < -0.4 is 9.84 Å². The van der Waals surface area contributed by atoms with E-state index >= 15 is 0 Å². The van der Waals surface area contributed by atoms with Gasteiger partial charge in [-0.3, -0.25) is 0 Å². The van der Waals surface area contributed by atoms with E-state index in [4.69, 9.17) is 4.74 Å². The van der Waals surface area contributed by atoms with E-state index in [0.717, 1.165) is 17.0 Å². The number of aromatic carboxylic acids is 1. The van der Waals surface area contributed by atoms with Crippen LogP contribution in [-0.2, 0) is 0 Å². The standard InChI is InChI=1S/C14H11N3O3/c1-20-10-4-2-9(3-5-10)12-6-7-15-13-8-11(14(18)19)16-17(12)13/h2-8H,1H3,(H,18,19)/p-1. The van der Waals surface area contributed by atoms with E-state index in [1.165, 1.54) is 10.6 Å². The number of hydrogen-bond acceptors (Lipinski definition) is 5. The lowest BCUT2D eigenvalue weighted by Crippen LogP contribution is -2.22. The second-order valence-corrected chi connectivity index (χ2v) is 4.15. The monoisotopic (exact) mass is 268 g/mol. The number of ether oxygens (including phenoxy) is 1. The molecule has 3 aromatic rings. The maximum atomic E-state index is 10.9. The first kappa shape index (κ1) is 12.2. The molecule has 20 heavy (non-hydrogen) atoms. The largest absolute Gasteiger partial charge is 0.543 e. The van der Waals surface area contributed by atoms with Gasteiger partial charge in [-0.25, -0.2) is 9.50 Å². The molecule has 0 amide bonds. The summed E-state index contributed by atoms with van der Waals surface area (Å²) in [5.41, 5.74) is 1.94. The summed E-state index contributed by atoms with van der Waals surface area (Å²) in [6, 6.07) is 10.5. The summed E-state index contributed by atoms with van der Waals surface area (Å²) in [6.45, 7) is 0. The Balaban J connectivity index is 2.16. The number of carbonyl (C=O) groups excluding carboxylic acids is 1. The van der Waals surface area contributed by atoms with Crippen LogP contribution in [0.1, 0.15) is 10.5 Å². The fourth-order valence-electron chi connectivity index (χ4n) is 1.98. The fourth-order valence-corrected chi connectivity index (χ4v) is 1.98. The zero-order chi connectivity index (χ0) is 14.1. The van der Waals surface area contributed by atoms with Gasteiger partial charge in [0.15, 0.2) is 5.65 Å². The Bertz CT molecular complexity index is 778. The van der Waals surface area contributed by atoms with Crippen LogP contribution in [0.15, 0.2) is 42.6 Å². The molecule has 0 aliphatic rings. The Morgan fingerprint density at radius 1 is 1.25 bits per heavy atom. The van der Waals surface area contributed by atoms with Crippen LogP contribution in [0, 0.1) is 0 Å². The van der Waals surface area contributed by atoms with Gasteiger partial charge in [0.25, 0.3) is 0 Å². The molecule has 0 spiro atoms. The van der Waals surface area contributed by atoms with Crippen molar-refractivity contribution in [2.45, 2.75) is 0 Å². The molecule has 0 radical (unpaired) electrons. The average molecular weight is 268 g/mol. The Morgan fingerprint density at radius 2 is 2.00 bits per heavy atom. The number of carboxylic acid groups (broad SMARTS) is 1. The number of methoxy groups -OCH3 is 1. The quantitative estimate of drug-likeness (QED) is 0.701. The molecular weight excluding hydrogens is 258 g/mol. The lowest BCUT2D eigenvalue weighted by Gasteiger charge is -2.05. The van der Waals surface area contributed by atoms with Crippen molar-refractivity contribution in [1.29, 1.82) is 0 Å². The second kappa shape index (κ2) is 4.65. The minimum absolute atomic E-state index is 0.140. The molecule has 0 bridgehead atoms. The predicted octanol–water partition coefficient (Wildman–Crippen LogP) is 0.768. The van der Waals surface area contributed by atoms with Gasteiger partial charge >= 0.3 is 0 Å². The Morgan fingerprint density at radius 3 is 2.65 bits per heavy atom. The third-order valence-corrected chi connectivity index (χ3v) is 2.95. The summed E-state index contributed by atoms with van der Waals surface area (Å²) in [7, 11) is 1.60. The second-order valence-electron chi connectivity index (χ2n) is 4.15. The first-order chi connectivity index (χ1) is 9.69. The van der Waals surface area contributed by atoms with Gasteiger partial charge in [-0.05, 0) is 30.3 Å². The Hall–Kier alpha value is -2.89. The minimum atomic E-state index is -1.32. The van der Waals surface area contributed by atoms with Crippen LogP contribution in [0.2, 0.25) is 0 Å². The van der Waals surface area contributed by atoms with E-state index in [1.807, 2.05) is 24.3 Å². The number of fused-ring (bicyclic) bond motifs is 1. The Kier molecular flexibility index (Phi) is 2.83. The van der Waals surface area contributed by atoms with Crippen molar-refractivity contribution in [1.82, 2.24) is 14.6 Å². The van der Waals surface area contributed by atoms with Crippen molar-refractivity contribution in [2.75, 3.05) is 7.11 Å². The van der Waals surface area contributed by atoms with Gasteiger partial charge in [-0.15, -0.1) is 0 Å². The lowest BCUT2D eigenvalue weighted by atomic mass is 10.1. The average Bonchev–Trinajstić information content (AvgIpc) is 2.91. The number of hydrogen-bond donors (Lipinski definition) is 0. The molecule has 0 N–H and O–H groups in total. The normalized spacial score (nSPS) is 10.7. The molecule has 1 aromatic carbocycles. The fraction of sp³-hybridized carbons (Fsp3) is 0.0714. The van der Waals surface area contributed by atoms with Crippen molar-refractivity contribution in [3.63, 3.8) is 0 Å². The maximum Gasteiger partial charge on any atom is 0.156 e. The van der Waals surface area contributed by atoms with Gasteiger partial charge in [0.1, 0.15) is 11.4 Å². The summed E-state index contributed by atoms with van der Waals surface area (Å²) in [6.07, 6.45) is 1.61. The maximum absolute atomic E-state index is 10.9. The van der Waals surface area contributed by atoms with E-state index in [-0.39, 0.29) is 5.69 Å². The molecule has 100 valence electrons. The molecule has 0 aliphatic heterocycles. The summed E-state index contributed by atoms with van der Waals surface area (Å²) < 4.78 is 6.59. The first-order valence-corrected chi connectivity index (χ1v) is 5.89. The molecule has 0 aliphatic carbocycles. The molecule has 6 nitrogen and oxygen atoms in total. The molecule has 0 unspecified atom stereocenters. The summed E-state index contributed by atoms with van der Waals surface area (Å²) >= 11 is 0. The highest BCUT2D eigenvalue weighted by molar-refractivity contribution is 5.85. The van der Waals surface area contributed by atoms with Crippen LogP contribution in [0.5, 0.6) is 5.75 Å². The highest BCUT2D eigenvalue weighted by Crippen LogP contribution is 2.22. The van der Waals surface area contributed by atoms with Gasteiger partial charge in [-0.1, -0.05) is 0 Å². The summed E-state index contributed by atoms with van der Waals surface area (Å²) in [4.78, 5) is 15.0. The molecule has 0 saturated heterocycles. The Labute approximate surface area is 114 Å². The summed E-state index contributed by atoms with van der Waals surface area (Å²) in [5.74, 6) is -0.578. The summed E-state index contributed by atoms with van der Waals surface area (Å²) in [5, 5.41) is 14.9. The van der Waals surface area contributed by atoms with Gasteiger partial charge in [0, 0.05) is 17.8 Å². The van der Waals surface area contributed by atoms with E-state index < -0.39 is 5.97 Å². The third-order valence-electron chi connectivity index (χ3n) is 2.95. The van der Waals surface area contributed by atoms with E-state index in [0.29, 0.717) is 5.65 Å². The van der Waals surface area contributed by atoms with Crippen molar-refractivity contribution in [3.05, 3.63) is 48.3 Å². The topological polar surface area (TPSA) is 79.5 Å². The van der Waals surface area contributed by atoms with E-state index in [1.54, 1.807) is 19.4 Å². The highest BCUT2D eigenvalue weighted by Gasteiger charge is 2.08. The molecule has 0 fully saturated rings. The van der Waals surface area contributed by atoms with Crippen molar-refractivity contribution >= 4 is 11.6 Å². The number of carbonyl (C=O) groups is 1. The van der Waals surface area contributed by atoms with Crippen LogP contribution in [0.25, 0.3) is 16.9 Å². The molecule has 2 heterocycles. The molecule has 6 heteroatoms. The molecule has 0 atom stereocenters. The number of carboxylic acids is 1. The zero-order valence-electron chi connectivity index (χ0n) is 10.6. The van der Waals surface area contributed by atoms with Crippen LogP contribution >= 0.6 is 0 Å². The number of nitrogens with zero attached hydrogens (tertiary/aromatic N) is 3.